The summed E-state index contributed by atoms with van der Waals surface area (Å²) in [6.45, 7) is 5.60. The molecule has 0 aromatic carbocycles. The molecule has 1 fully saturated rings. The summed E-state index contributed by atoms with van der Waals surface area (Å²) in [5.41, 5.74) is 0.726. The van der Waals surface area contributed by atoms with Crippen LogP contribution in [0.2, 0.25) is 0 Å². The van der Waals surface area contributed by atoms with Crippen molar-refractivity contribution in [1.82, 2.24) is 19.5 Å². The van der Waals surface area contributed by atoms with E-state index in [0.717, 1.165) is 43.9 Å². The van der Waals surface area contributed by atoms with Crippen LogP contribution in [0.15, 0.2) is 23.1 Å². The number of aromatic amines is 1. The van der Waals surface area contributed by atoms with E-state index in [0.29, 0.717) is 5.92 Å². The van der Waals surface area contributed by atoms with E-state index >= 15 is 0 Å². The fraction of sp³-hybridized carbons (Fsp3) is 0.538. The van der Waals surface area contributed by atoms with Crippen LogP contribution in [0.25, 0.3) is 5.65 Å². The van der Waals surface area contributed by atoms with E-state index in [-0.39, 0.29) is 5.43 Å². The van der Waals surface area contributed by atoms with Crippen molar-refractivity contribution in [2.24, 2.45) is 0 Å². The van der Waals surface area contributed by atoms with Crippen LogP contribution in [0.3, 0.4) is 0 Å². The average Bonchev–Trinajstić information content (AvgIpc) is 2.81. The molecule has 0 unspecified atom stereocenters. The van der Waals surface area contributed by atoms with Gasteiger partial charge in [0, 0.05) is 24.2 Å². The van der Waals surface area contributed by atoms with Gasteiger partial charge in [0.15, 0.2) is 11.1 Å². The Kier molecular flexibility index (Phi) is 2.91. The van der Waals surface area contributed by atoms with Crippen molar-refractivity contribution >= 4 is 5.65 Å². The van der Waals surface area contributed by atoms with Crippen LogP contribution in [0.1, 0.15) is 31.5 Å². The second-order valence-corrected chi connectivity index (χ2v) is 4.91. The Bertz CT molecular complexity index is 592. The van der Waals surface area contributed by atoms with Crippen LogP contribution < -0.4 is 5.43 Å². The summed E-state index contributed by atoms with van der Waals surface area (Å²) in [5.74, 6) is 1.50. The highest BCUT2D eigenvalue weighted by molar-refractivity contribution is 5.36. The second-order valence-electron chi connectivity index (χ2n) is 4.91. The highest BCUT2D eigenvalue weighted by Crippen LogP contribution is 2.25. The van der Waals surface area contributed by atoms with E-state index in [2.05, 4.69) is 21.9 Å². The van der Waals surface area contributed by atoms with Gasteiger partial charge in [0.2, 0.25) is 0 Å². The minimum atomic E-state index is 0.00820. The molecule has 0 spiro atoms. The van der Waals surface area contributed by atoms with E-state index in [1.54, 1.807) is 18.3 Å². The first kappa shape index (κ1) is 11.5. The molecule has 0 saturated carbocycles. The Hall–Kier alpha value is -1.62. The molecule has 1 N–H and O–H groups in total. The SMILES string of the molecule is CCN1CCC(c2nc3cc(=O)ccn3[nH]2)CC1. The van der Waals surface area contributed by atoms with Crippen LogP contribution >= 0.6 is 0 Å². The Morgan fingerprint density at radius 3 is 2.94 bits per heavy atom. The molecule has 0 aliphatic carbocycles. The van der Waals surface area contributed by atoms with Crippen molar-refractivity contribution in [1.29, 1.82) is 0 Å². The van der Waals surface area contributed by atoms with Gasteiger partial charge in [0.1, 0.15) is 5.82 Å². The number of nitrogens with one attached hydrogen (secondary N) is 1. The quantitative estimate of drug-likeness (QED) is 0.867. The molecular formula is C13H18N4O. The maximum Gasteiger partial charge on any atom is 0.183 e. The van der Waals surface area contributed by atoms with Gasteiger partial charge in [-0.3, -0.25) is 9.89 Å². The van der Waals surface area contributed by atoms with Gasteiger partial charge in [0.25, 0.3) is 0 Å². The summed E-state index contributed by atoms with van der Waals surface area (Å²) >= 11 is 0. The number of hydrogen-bond acceptors (Lipinski definition) is 3. The van der Waals surface area contributed by atoms with Crippen molar-refractivity contribution in [3.8, 4) is 0 Å². The highest BCUT2D eigenvalue weighted by atomic mass is 16.1. The van der Waals surface area contributed by atoms with Crippen molar-refractivity contribution in [3.05, 3.63) is 34.4 Å². The van der Waals surface area contributed by atoms with Crippen LogP contribution in [0.4, 0.5) is 0 Å². The molecule has 0 bridgehead atoms. The van der Waals surface area contributed by atoms with Gasteiger partial charge in [-0.05, 0) is 32.5 Å². The van der Waals surface area contributed by atoms with Gasteiger partial charge in [-0.25, -0.2) is 9.50 Å². The largest absolute Gasteiger partial charge is 0.304 e. The minimum absolute atomic E-state index is 0.00820. The Morgan fingerprint density at radius 1 is 1.44 bits per heavy atom. The summed E-state index contributed by atoms with van der Waals surface area (Å²) < 4.78 is 1.82. The Morgan fingerprint density at radius 2 is 2.22 bits per heavy atom. The molecule has 5 nitrogen and oxygen atoms in total. The minimum Gasteiger partial charge on any atom is -0.304 e. The van der Waals surface area contributed by atoms with Crippen LogP contribution in [0, 0.1) is 0 Å². The summed E-state index contributed by atoms with van der Waals surface area (Å²) in [5, 5.41) is 3.27. The summed E-state index contributed by atoms with van der Waals surface area (Å²) in [4.78, 5) is 18.3. The van der Waals surface area contributed by atoms with Crippen molar-refractivity contribution in [3.63, 3.8) is 0 Å². The zero-order chi connectivity index (χ0) is 12.5. The normalized spacial score (nSPS) is 18.5. The maximum atomic E-state index is 11.3. The van der Waals surface area contributed by atoms with Gasteiger partial charge in [-0.15, -0.1) is 0 Å². The second kappa shape index (κ2) is 4.57. The van der Waals surface area contributed by atoms with E-state index < -0.39 is 0 Å². The molecule has 1 aliphatic heterocycles. The van der Waals surface area contributed by atoms with Gasteiger partial charge in [0.05, 0.1) is 0 Å². The topological polar surface area (TPSA) is 53.4 Å². The summed E-state index contributed by atoms with van der Waals surface area (Å²) in [6.07, 6.45) is 4.02. The third-order valence-electron chi connectivity index (χ3n) is 3.80. The number of likely N-dealkylation sites (tertiary alicyclic amines) is 1. The molecular weight excluding hydrogens is 228 g/mol. The first-order valence-electron chi connectivity index (χ1n) is 6.57. The fourth-order valence-corrected chi connectivity index (χ4v) is 2.63. The van der Waals surface area contributed by atoms with Crippen molar-refractivity contribution < 1.29 is 0 Å². The molecule has 0 radical (unpaired) electrons. The zero-order valence-electron chi connectivity index (χ0n) is 10.6. The van der Waals surface area contributed by atoms with Gasteiger partial charge >= 0.3 is 0 Å². The maximum absolute atomic E-state index is 11.3. The highest BCUT2D eigenvalue weighted by Gasteiger charge is 2.22. The monoisotopic (exact) mass is 246 g/mol. The standard InChI is InChI=1S/C13H18N4O/c1-2-16-6-3-10(4-7-16)13-14-12-9-11(18)5-8-17(12)15-13/h5,8-10H,2-4,6-7H2,1H3,(H,14,15). The predicted octanol–water partition coefficient (Wildman–Crippen LogP) is 1.22. The lowest BCUT2D eigenvalue weighted by atomic mass is 9.96. The number of aromatic nitrogens is 3. The number of nitrogens with zero attached hydrogens (tertiary/aromatic N) is 3. The van der Waals surface area contributed by atoms with E-state index in [1.807, 2.05) is 4.52 Å². The Balaban J connectivity index is 1.84. The number of piperidine rings is 1. The lowest BCUT2D eigenvalue weighted by molar-refractivity contribution is 0.219. The molecule has 3 heterocycles. The number of fused-ring (bicyclic) bond motifs is 1. The lowest BCUT2D eigenvalue weighted by Crippen LogP contribution is -2.32. The first-order valence-corrected chi connectivity index (χ1v) is 6.57. The molecule has 0 amide bonds. The molecule has 96 valence electrons. The molecule has 2 aromatic heterocycles. The number of pyridine rings is 1. The van der Waals surface area contributed by atoms with Crippen LogP contribution in [0.5, 0.6) is 0 Å². The van der Waals surface area contributed by atoms with Gasteiger partial charge in [-0.1, -0.05) is 6.92 Å². The molecule has 18 heavy (non-hydrogen) atoms. The lowest BCUT2D eigenvalue weighted by Gasteiger charge is -2.29. The zero-order valence-corrected chi connectivity index (χ0v) is 10.6. The van der Waals surface area contributed by atoms with Crippen LogP contribution in [-0.4, -0.2) is 39.1 Å². The van der Waals surface area contributed by atoms with Gasteiger partial charge in [-0.2, -0.15) is 0 Å². The van der Waals surface area contributed by atoms with Crippen molar-refractivity contribution in [2.75, 3.05) is 19.6 Å². The van der Waals surface area contributed by atoms with E-state index in [4.69, 9.17) is 0 Å². The third-order valence-corrected chi connectivity index (χ3v) is 3.80. The number of hydrogen-bond donors (Lipinski definition) is 1. The molecule has 0 atom stereocenters. The summed E-state index contributed by atoms with van der Waals surface area (Å²) in [7, 11) is 0. The van der Waals surface area contributed by atoms with Crippen molar-refractivity contribution in [2.45, 2.75) is 25.7 Å². The third kappa shape index (κ3) is 2.06. The Labute approximate surface area is 105 Å². The predicted molar refractivity (Wildman–Crippen MR) is 69.9 cm³/mol. The summed E-state index contributed by atoms with van der Waals surface area (Å²) in [6, 6.07) is 3.12. The first-order chi connectivity index (χ1) is 8.76. The number of rotatable bonds is 2. The average molecular weight is 246 g/mol. The molecule has 3 rings (SSSR count). The molecule has 1 aliphatic rings. The van der Waals surface area contributed by atoms with E-state index in [1.165, 1.54) is 0 Å². The molecule has 2 aromatic rings. The smallest absolute Gasteiger partial charge is 0.183 e. The van der Waals surface area contributed by atoms with E-state index in [9.17, 15) is 4.79 Å². The number of H-pyrrole nitrogens is 1. The molecule has 1 saturated heterocycles. The van der Waals surface area contributed by atoms with Crippen LogP contribution in [-0.2, 0) is 0 Å². The fourth-order valence-electron chi connectivity index (χ4n) is 2.63. The van der Waals surface area contributed by atoms with Gasteiger partial charge < -0.3 is 4.90 Å². The molecule has 5 heteroatoms.